The molecule has 1 aliphatic heterocycles. The fraction of sp³-hybridized carbons (Fsp3) is 0.353. The number of carbonyl (C=O) groups is 2. The molecule has 0 aliphatic carbocycles. The predicted octanol–water partition coefficient (Wildman–Crippen LogP) is 1.92. The summed E-state index contributed by atoms with van der Waals surface area (Å²) in [6.07, 6.45) is 4.62. The molecule has 24 heavy (non-hydrogen) atoms. The lowest BCUT2D eigenvalue weighted by Crippen LogP contribution is -2.40. The number of fused-ring (bicyclic) bond motifs is 1. The molecule has 0 aromatic carbocycles. The Balaban J connectivity index is 1.35. The first-order chi connectivity index (χ1) is 11.7. The molecular formula is C17H20N4O2S. The highest BCUT2D eigenvalue weighted by atomic mass is 32.1. The Bertz CT molecular complexity index is 702. The van der Waals surface area contributed by atoms with Gasteiger partial charge in [0.1, 0.15) is 0 Å². The van der Waals surface area contributed by atoms with Crippen LogP contribution in [0.25, 0.3) is 0 Å². The van der Waals surface area contributed by atoms with Gasteiger partial charge in [-0.1, -0.05) is 0 Å². The van der Waals surface area contributed by atoms with Gasteiger partial charge in [-0.3, -0.25) is 9.78 Å². The number of urea groups is 1. The van der Waals surface area contributed by atoms with Gasteiger partial charge >= 0.3 is 6.03 Å². The smallest absolute Gasteiger partial charge is 0.315 e. The number of aromatic nitrogens is 1. The van der Waals surface area contributed by atoms with E-state index in [0.717, 1.165) is 18.5 Å². The number of thiophene rings is 1. The van der Waals surface area contributed by atoms with E-state index in [1.807, 2.05) is 17.0 Å². The van der Waals surface area contributed by atoms with Crippen LogP contribution in [0.5, 0.6) is 0 Å². The molecule has 2 N–H and O–H groups in total. The molecule has 3 amide bonds. The molecule has 2 aromatic heterocycles. The van der Waals surface area contributed by atoms with Gasteiger partial charge in [0, 0.05) is 49.9 Å². The second-order valence-electron chi connectivity index (χ2n) is 5.65. The molecule has 7 heteroatoms. The van der Waals surface area contributed by atoms with Crippen LogP contribution in [0, 0.1) is 0 Å². The summed E-state index contributed by atoms with van der Waals surface area (Å²) in [5, 5.41) is 7.56. The molecule has 0 fully saturated rings. The molecule has 0 atom stereocenters. The fourth-order valence-corrected chi connectivity index (χ4v) is 3.54. The number of nitrogens with zero attached hydrogens (tertiary/aromatic N) is 2. The number of hydrogen-bond donors (Lipinski definition) is 2. The van der Waals surface area contributed by atoms with Gasteiger partial charge in [0.2, 0.25) is 5.91 Å². The van der Waals surface area contributed by atoms with Crippen molar-refractivity contribution >= 4 is 23.3 Å². The van der Waals surface area contributed by atoms with E-state index in [2.05, 4.69) is 27.1 Å². The summed E-state index contributed by atoms with van der Waals surface area (Å²) < 4.78 is 0. The highest BCUT2D eigenvalue weighted by Gasteiger charge is 2.21. The molecule has 0 radical (unpaired) electrons. The average Bonchev–Trinajstić information content (AvgIpc) is 3.08. The summed E-state index contributed by atoms with van der Waals surface area (Å²) in [6.45, 7) is 2.23. The van der Waals surface area contributed by atoms with E-state index < -0.39 is 0 Å². The zero-order chi connectivity index (χ0) is 16.8. The van der Waals surface area contributed by atoms with Crippen LogP contribution in [-0.4, -0.2) is 34.9 Å². The van der Waals surface area contributed by atoms with Crippen LogP contribution in [-0.2, 0) is 24.3 Å². The number of hydrogen-bond acceptors (Lipinski definition) is 4. The van der Waals surface area contributed by atoms with Crippen molar-refractivity contribution in [1.29, 1.82) is 0 Å². The minimum absolute atomic E-state index is 0.0845. The Labute approximate surface area is 144 Å². The van der Waals surface area contributed by atoms with E-state index in [0.29, 0.717) is 26.1 Å². The Morgan fingerprint density at radius 2 is 2.04 bits per heavy atom. The van der Waals surface area contributed by atoms with Gasteiger partial charge in [-0.2, -0.15) is 0 Å². The summed E-state index contributed by atoms with van der Waals surface area (Å²) in [5.41, 5.74) is 2.23. The normalized spacial score (nSPS) is 13.2. The zero-order valence-electron chi connectivity index (χ0n) is 13.3. The van der Waals surface area contributed by atoms with E-state index >= 15 is 0 Å². The van der Waals surface area contributed by atoms with E-state index in [4.69, 9.17) is 0 Å². The Morgan fingerprint density at radius 3 is 2.88 bits per heavy atom. The lowest BCUT2D eigenvalue weighted by atomic mass is 10.1. The molecule has 0 saturated heterocycles. The predicted molar refractivity (Wildman–Crippen MR) is 92.5 cm³/mol. The van der Waals surface area contributed by atoms with Crippen molar-refractivity contribution in [2.75, 3.05) is 13.1 Å². The van der Waals surface area contributed by atoms with Crippen molar-refractivity contribution in [2.24, 2.45) is 0 Å². The Hall–Kier alpha value is -2.41. The number of amides is 3. The van der Waals surface area contributed by atoms with Gasteiger partial charge in [-0.25, -0.2) is 4.79 Å². The monoisotopic (exact) mass is 344 g/mol. The first kappa shape index (κ1) is 16.4. The highest BCUT2D eigenvalue weighted by molar-refractivity contribution is 7.10. The van der Waals surface area contributed by atoms with Gasteiger partial charge in [-0.05, 0) is 41.1 Å². The van der Waals surface area contributed by atoms with Crippen LogP contribution in [0.3, 0.4) is 0 Å². The molecule has 3 heterocycles. The quantitative estimate of drug-likeness (QED) is 0.870. The summed E-state index contributed by atoms with van der Waals surface area (Å²) in [5.74, 6) is 0.0845. The molecular weight excluding hydrogens is 324 g/mol. The molecule has 0 saturated carbocycles. The number of pyridine rings is 1. The van der Waals surface area contributed by atoms with Crippen molar-refractivity contribution in [3.05, 3.63) is 52.0 Å². The van der Waals surface area contributed by atoms with Crippen molar-refractivity contribution in [3.8, 4) is 0 Å². The number of rotatable bonds is 5. The van der Waals surface area contributed by atoms with Crippen molar-refractivity contribution in [3.63, 3.8) is 0 Å². The van der Waals surface area contributed by atoms with E-state index in [9.17, 15) is 9.59 Å². The first-order valence-corrected chi connectivity index (χ1v) is 8.84. The van der Waals surface area contributed by atoms with Gasteiger partial charge in [0.05, 0.1) is 0 Å². The van der Waals surface area contributed by atoms with Crippen LogP contribution >= 0.6 is 11.3 Å². The summed E-state index contributed by atoms with van der Waals surface area (Å²) in [4.78, 5) is 31.2. The topological polar surface area (TPSA) is 74.3 Å². The lowest BCUT2D eigenvalue weighted by Gasteiger charge is -2.27. The Morgan fingerprint density at radius 1 is 1.21 bits per heavy atom. The van der Waals surface area contributed by atoms with Crippen molar-refractivity contribution in [2.45, 2.75) is 25.9 Å². The van der Waals surface area contributed by atoms with Gasteiger partial charge in [-0.15, -0.1) is 11.3 Å². The minimum Gasteiger partial charge on any atom is -0.338 e. The molecule has 0 spiro atoms. The second kappa shape index (κ2) is 7.92. The zero-order valence-corrected chi connectivity index (χ0v) is 14.1. The Kier molecular flexibility index (Phi) is 5.43. The maximum atomic E-state index is 12.2. The molecule has 3 rings (SSSR count). The second-order valence-corrected chi connectivity index (χ2v) is 6.65. The summed E-state index contributed by atoms with van der Waals surface area (Å²) in [6, 6.07) is 5.51. The summed E-state index contributed by atoms with van der Waals surface area (Å²) in [7, 11) is 0. The largest absolute Gasteiger partial charge is 0.338 e. The van der Waals surface area contributed by atoms with Crippen LogP contribution in [0.1, 0.15) is 22.4 Å². The van der Waals surface area contributed by atoms with E-state index in [-0.39, 0.29) is 11.9 Å². The molecule has 1 aliphatic rings. The molecule has 0 unspecified atom stereocenters. The lowest BCUT2D eigenvalue weighted by molar-refractivity contribution is -0.131. The first-order valence-electron chi connectivity index (χ1n) is 7.96. The SMILES string of the molecule is O=C(NCCC(=O)N1CCc2sccc2C1)NCc1ccncc1. The van der Waals surface area contributed by atoms with E-state index in [1.54, 1.807) is 23.7 Å². The van der Waals surface area contributed by atoms with Gasteiger partial charge in [0.25, 0.3) is 0 Å². The molecule has 0 bridgehead atoms. The third-order valence-corrected chi connectivity index (χ3v) is 5.01. The van der Waals surface area contributed by atoms with E-state index in [1.165, 1.54) is 10.4 Å². The molecule has 6 nitrogen and oxygen atoms in total. The third kappa shape index (κ3) is 4.32. The fourth-order valence-electron chi connectivity index (χ4n) is 2.65. The maximum Gasteiger partial charge on any atom is 0.315 e. The summed E-state index contributed by atoms with van der Waals surface area (Å²) >= 11 is 1.76. The molecule has 2 aromatic rings. The van der Waals surface area contributed by atoms with Crippen molar-refractivity contribution < 1.29 is 9.59 Å². The van der Waals surface area contributed by atoms with Crippen LogP contribution in [0.15, 0.2) is 36.0 Å². The molecule has 126 valence electrons. The van der Waals surface area contributed by atoms with Crippen molar-refractivity contribution in [1.82, 2.24) is 20.5 Å². The number of nitrogens with one attached hydrogen (secondary N) is 2. The average molecular weight is 344 g/mol. The standard InChI is InChI=1S/C17H20N4O2S/c22-16(21-9-4-15-14(12-21)5-10-24-15)3-8-19-17(23)20-11-13-1-6-18-7-2-13/h1-2,5-7,10H,3-4,8-9,11-12H2,(H2,19,20,23). The number of carbonyl (C=O) groups excluding carboxylic acids is 2. The maximum absolute atomic E-state index is 12.2. The van der Waals surface area contributed by atoms with Crippen LogP contribution < -0.4 is 10.6 Å². The third-order valence-electron chi connectivity index (χ3n) is 3.99. The van der Waals surface area contributed by atoms with Crippen LogP contribution in [0.4, 0.5) is 4.79 Å². The van der Waals surface area contributed by atoms with Crippen LogP contribution in [0.2, 0.25) is 0 Å². The highest BCUT2D eigenvalue weighted by Crippen LogP contribution is 2.24. The van der Waals surface area contributed by atoms with Gasteiger partial charge < -0.3 is 15.5 Å². The van der Waals surface area contributed by atoms with Gasteiger partial charge in [0.15, 0.2) is 0 Å². The minimum atomic E-state index is -0.265.